The molecular weight excluding hydrogens is 211 g/mol. The van der Waals surface area contributed by atoms with Crippen LogP contribution < -0.4 is 10.2 Å². The summed E-state index contributed by atoms with van der Waals surface area (Å²) in [5, 5.41) is 11.6. The smallest absolute Gasteiger partial charge is 0.244 e. The number of hydrogen-bond donors (Lipinski definition) is 2. The number of aliphatic hydroxyl groups is 1. The zero-order valence-corrected chi connectivity index (χ0v) is 8.90. The molecule has 0 radical (unpaired) electrons. The third-order valence-corrected chi connectivity index (χ3v) is 2.68. The maximum absolute atomic E-state index is 13.5. The van der Waals surface area contributed by atoms with Crippen LogP contribution in [0, 0.1) is 5.82 Å². The highest BCUT2D eigenvalue weighted by Crippen LogP contribution is 2.32. The van der Waals surface area contributed by atoms with Crippen molar-refractivity contribution < 1.29 is 14.3 Å². The quantitative estimate of drug-likeness (QED) is 0.786. The molecule has 0 saturated carbocycles. The van der Waals surface area contributed by atoms with Crippen molar-refractivity contribution in [1.29, 1.82) is 0 Å². The molecule has 0 bridgehead atoms. The Morgan fingerprint density at radius 2 is 2.38 bits per heavy atom. The lowest BCUT2D eigenvalue weighted by Crippen LogP contribution is -2.45. The number of fused-ring (bicyclic) bond motifs is 1. The summed E-state index contributed by atoms with van der Waals surface area (Å²) in [5.74, 6) is -0.724. The second-order valence-corrected chi connectivity index (χ2v) is 3.84. The lowest BCUT2D eigenvalue weighted by atomic mass is 10.1. The molecule has 1 amide bonds. The van der Waals surface area contributed by atoms with Crippen molar-refractivity contribution in [2.24, 2.45) is 0 Å². The summed E-state index contributed by atoms with van der Waals surface area (Å²) in [6, 6.07) is 4.39. The average molecular weight is 224 g/mol. The maximum Gasteiger partial charge on any atom is 0.244 e. The Morgan fingerprint density at radius 1 is 1.62 bits per heavy atom. The number of para-hydroxylation sites is 1. The highest BCUT2D eigenvalue weighted by atomic mass is 19.1. The first-order valence-electron chi connectivity index (χ1n) is 5.09. The Morgan fingerprint density at radius 3 is 3.06 bits per heavy atom. The molecule has 1 unspecified atom stereocenters. The highest BCUT2D eigenvalue weighted by molar-refractivity contribution is 6.01. The van der Waals surface area contributed by atoms with E-state index in [9.17, 15) is 9.18 Å². The normalized spacial score (nSPS) is 16.7. The molecule has 0 spiro atoms. The second-order valence-electron chi connectivity index (χ2n) is 3.84. The predicted octanol–water partition coefficient (Wildman–Crippen LogP) is 0.965. The molecule has 1 aromatic rings. The molecule has 1 atom stereocenters. The number of carbonyl (C=O) groups excluding carboxylic acids is 1. The molecule has 0 aromatic heterocycles. The number of nitrogens with one attached hydrogen (secondary N) is 1. The number of halogens is 1. The Kier molecular flexibility index (Phi) is 2.78. The Bertz CT molecular complexity index is 422. The van der Waals surface area contributed by atoms with Crippen LogP contribution in [0.3, 0.4) is 0 Å². The molecule has 1 heterocycles. The number of benzene rings is 1. The number of rotatable bonds is 2. The van der Waals surface area contributed by atoms with Crippen LogP contribution in [0.4, 0.5) is 15.8 Å². The van der Waals surface area contributed by atoms with Gasteiger partial charge in [0.25, 0.3) is 0 Å². The van der Waals surface area contributed by atoms with E-state index in [0.717, 1.165) is 0 Å². The largest absolute Gasteiger partial charge is 0.394 e. The van der Waals surface area contributed by atoms with Gasteiger partial charge < -0.3 is 15.3 Å². The Balaban J connectivity index is 2.46. The van der Waals surface area contributed by atoms with E-state index >= 15 is 0 Å². The van der Waals surface area contributed by atoms with Gasteiger partial charge in [0.15, 0.2) is 0 Å². The lowest BCUT2D eigenvalue weighted by molar-refractivity contribution is -0.115. The zero-order valence-electron chi connectivity index (χ0n) is 8.90. The van der Waals surface area contributed by atoms with Gasteiger partial charge in [-0.3, -0.25) is 4.79 Å². The minimum atomic E-state index is -0.458. The SMILES string of the molecule is CC(CO)N1CC(=O)Nc2c(F)cccc21. The second kappa shape index (κ2) is 4.09. The first-order chi connectivity index (χ1) is 7.63. The predicted molar refractivity (Wildman–Crippen MR) is 58.9 cm³/mol. The molecule has 2 N–H and O–H groups in total. The molecule has 1 aromatic carbocycles. The van der Waals surface area contributed by atoms with Crippen LogP contribution >= 0.6 is 0 Å². The number of amides is 1. The third kappa shape index (κ3) is 1.74. The van der Waals surface area contributed by atoms with E-state index in [1.807, 2.05) is 0 Å². The molecule has 1 aliphatic heterocycles. The van der Waals surface area contributed by atoms with Crippen molar-refractivity contribution in [2.75, 3.05) is 23.4 Å². The van der Waals surface area contributed by atoms with Crippen LogP contribution in [0.25, 0.3) is 0 Å². The molecule has 2 rings (SSSR count). The molecule has 0 saturated heterocycles. The third-order valence-electron chi connectivity index (χ3n) is 2.68. The lowest BCUT2D eigenvalue weighted by Gasteiger charge is -2.34. The van der Waals surface area contributed by atoms with Crippen molar-refractivity contribution in [3.8, 4) is 0 Å². The fraction of sp³-hybridized carbons (Fsp3) is 0.364. The van der Waals surface area contributed by atoms with E-state index < -0.39 is 5.82 Å². The molecule has 16 heavy (non-hydrogen) atoms. The number of anilines is 2. The van der Waals surface area contributed by atoms with Crippen molar-refractivity contribution in [1.82, 2.24) is 0 Å². The van der Waals surface area contributed by atoms with Crippen LogP contribution in [-0.2, 0) is 4.79 Å². The van der Waals surface area contributed by atoms with Crippen LogP contribution in [0.1, 0.15) is 6.92 Å². The van der Waals surface area contributed by atoms with Gasteiger partial charge in [-0.15, -0.1) is 0 Å². The van der Waals surface area contributed by atoms with Gasteiger partial charge in [-0.1, -0.05) is 6.07 Å². The molecule has 0 fully saturated rings. The van der Waals surface area contributed by atoms with Gasteiger partial charge in [-0.05, 0) is 19.1 Å². The van der Waals surface area contributed by atoms with Crippen LogP contribution in [0.2, 0.25) is 0 Å². The van der Waals surface area contributed by atoms with Gasteiger partial charge >= 0.3 is 0 Å². The monoisotopic (exact) mass is 224 g/mol. The maximum atomic E-state index is 13.5. The molecule has 1 aliphatic rings. The summed E-state index contributed by atoms with van der Waals surface area (Å²) >= 11 is 0. The van der Waals surface area contributed by atoms with E-state index in [0.29, 0.717) is 5.69 Å². The summed E-state index contributed by atoms with van der Waals surface area (Å²) < 4.78 is 13.5. The first kappa shape index (κ1) is 10.9. The Labute approximate surface area is 92.7 Å². The van der Waals surface area contributed by atoms with Crippen molar-refractivity contribution in [2.45, 2.75) is 13.0 Å². The average Bonchev–Trinajstić information content (AvgIpc) is 2.28. The molecule has 0 aliphatic carbocycles. The van der Waals surface area contributed by atoms with Gasteiger partial charge in [0.2, 0.25) is 5.91 Å². The van der Waals surface area contributed by atoms with Gasteiger partial charge in [-0.2, -0.15) is 0 Å². The molecular formula is C11H13FN2O2. The number of aliphatic hydroxyl groups excluding tert-OH is 1. The number of hydrogen-bond acceptors (Lipinski definition) is 3. The minimum Gasteiger partial charge on any atom is -0.394 e. The zero-order chi connectivity index (χ0) is 11.7. The topological polar surface area (TPSA) is 52.6 Å². The molecule has 86 valence electrons. The van der Waals surface area contributed by atoms with Crippen molar-refractivity contribution in [3.63, 3.8) is 0 Å². The van der Waals surface area contributed by atoms with E-state index in [1.165, 1.54) is 6.07 Å². The summed E-state index contributed by atoms with van der Waals surface area (Å²) in [7, 11) is 0. The minimum absolute atomic E-state index is 0.0801. The van der Waals surface area contributed by atoms with Crippen molar-refractivity contribution >= 4 is 17.3 Å². The number of carbonyl (C=O) groups is 1. The Hall–Kier alpha value is -1.62. The van der Waals surface area contributed by atoms with Gasteiger partial charge in [-0.25, -0.2) is 4.39 Å². The fourth-order valence-corrected chi connectivity index (χ4v) is 1.79. The summed E-state index contributed by atoms with van der Waals surface area (Å²) in [6.07, 6.45) is 0. The van der Waals surface area contributed by atoms with Gasteiger partial charge in [0.05, 0.1) is 18.8 Å². The summed E-state index contributed by atoms with van der Waals surface area (Å²) in [4.78, 5) is 13.1. The van der Waals surface area contributed by atoms with Gasteiger partial charge in [0, 0.05) is 6.04 Å². The van der Waals surface area contributed by atoms with Crippen LogP contribution in [-0.4, -0.2) is 30.2 Å². The standard InChI is InChI=1S/C11H13FN2O2/c1-7(6-15)14-5-10(16)13-11-8(12)3-2-4-9(11)14/h2-4,7,15H,5-6H2,1H3,(H,13,16). The van der Waals surface area contributed by atoms with E-state index in [-0.39, 0.29) is 30.8 Å². The number of nitrogens with zero attached hydrogens (tertiary/aromatic N) is 1. The van der Waals surface area contributed by atoms with E-state index in [2.05, 4.69) is 5.32 Å². The van der Waals surface area contributed by atoms with Crippen molar-refractivity contribution in [3.05, 3.63) is 24.0 Å². The van der Waals surface area contributed by atoms with Crippen LogP contribution in [0.15, 0.2) is 18.2 Å². The summed E-state index contributed by atoms with van der Waals surface area (Å²) in [5.41, 5.74) is 0.806. The van der Waals surface area contributed by atoms with E-state index in [1.54, 1.807) is 24.0 Å². The molecule has 4 nitrogen and oxygen atoms in total. The fourth-order valence-electron chi connectivity index (χ4n) is 1.79. The molecule has 5 heteroatoms. The first-order valence-corrected chi connectivity index (χ1v) is 5.09. The van der Waals surface area contributed by atoms with E-state index in [4.69, 9.17) is 5.11 Å². The van der Waals surface area contributed by atoms with Gasteiger partial charge in [0.1, 0.15) is 11.5 Å². The summed E-state index contributed by atoms with van der Waals surface area (Å²) in [6.45, 7) is 1.84. The van der Waals surface area contributed by atoms with Crippen LogP contribution in [0.5, 0.6) is 0 Å². The highest BCUT2D eigenvalue weighted by Gasteiger charge is 2.27.